The predicted octanol–water partition coefficient (Wildman–Crippen LogP) is 1.68. The summed E-state index contributed by atoms with van der Waals surface area (Å²) in [4.78, 5) is 12.2. The summed E-state index contributed by atoms with van der Waals surface area (Å²) in [6.45, 7) is 0.829. The van der Waals surface area contributed by atoms with E-state index in [1.165, 1.54) is 12.7 Å². The fourth-order valence-electron chi connectivity index (χ4n) is 2.85. The van der Waals surface area contributed by atoms with Crippen LogP contribution in [0, 0.1) is 0 Å². The number of ether oxygens (including phenoxy) is 3. The molecule has 0 unspecified atom stereocenters. The van der Waals surface area contributed by atoms with Gasteiger partial charge in [0.1, 0.15) is 5.56 Å². The molecule has 23 heavy (non-hydrogen) atoms. The van der Waals surface area contributed by atoms with E-state index in [0.29, 0.717) is 17.1 Å². The molecule has 0 spiro atoms. The number of carbonyl (C=O) groups excluding carboxylic acids is 1. The first kappa shape index (κ1) is 15.4. The summed E-state index contributed by atoms with van der Waals surface area (Å²) in [5.41, 5.74) is 2.56. The predicted molar refractivity (Wildman–Crippen MR) is 84.6 cm³/mol. The summed E-state index contributed by atoms with van der Waals surface area (Å²) in [6, 6.07) is 13.9. The molecule has 0 amide bonds. The lowest BCUT2D eigenvalue weighted by Gasteiger charge is -2.11. The van der Waals surface area contributed by atoms with E-state index in [0.717, 1.165) is 18.5 Å². The average molecular weight is 314 g/mol. The number of methoxy groups -OCH3 is 2. The fourth-order valence-corrected chi connectivity index (χ4v) is 2.85. The number of benzene rings is 2. The van der Waals surface area contributed by atoms with Gasteiger partial charge in [0.25, 0.3) is 6.23 Å². The maximum Gasteiger partial charge on any atom is 0.347 e. The van der Waals surface area contributed by atoms with Gasteiger partial charge in [0.05, 0.1) is 26.3 Å². The largest absolute Gasteiger partial charge is 0.493 e. The second kappa shape index (κ2) is 6.71. The maximum absolute atomic E-state index is 12.2. The van der Waals surface area contributed by atoms with Gasteiger partial charge in [-0.2, -0.15) is 0 Å². The van der Waals surface area contributed by atoms with Crippen LogP contribution in [-0.4, -0.2) is 26.7 Å². The van der Waals surface area contributed by atoms with Gasteiger partial charge in [0.2, 0.25) is 0 Å². The molecule has 3 rings (SSSR count). The van der Waals surface area contributed by atoms with Crippen LogP contribution in [0.2, 0.25) is 0 Å². The zero-order chi connectivity index (χ0) is 16.2. The Morgan fingerprint density at radius 1 is 1.09 bits per heavy atom. The summed E-state index contributed by atoms with van der Waals surface area (Å²) in [7, 11) is 3.08. The number of carbonyl (C=O) groups is 1. The van der Waals surface area contributed by atoms with Crippen molar-refractivity contribution in [3.8, 4) is 11.5 Å². The Kier molecular flexibility index (Phi) is 4.48. The molecule has 1 atom stereocenters. The van der Waals surface area contributed by atoms with Gasteiger partial charge < -0.3 is 19.5 Å². The lowest BCUT2D eigenvalue weighted by Crippen LogP contribution is -2.85. The maximum atomic E-state index is 12.2. The van der Waals surface area contributed by atoms with Gasteiger partial charge in [-0.05, 0) is 17.7 Å². The van der Waals surface area contributed by atoms with Gasteiger partial charge in [-0.15, -0.1) is 0 Å². The van der Waals surface area contributed by atoms with E-state index in [4.69, 9.17) is 14.2 Å². The summed E-state index contributed by atoms with van der Waals surface area (Å²) >= 11 is 0. The number of cyclic esters (lactones) is 1. The van der Waals surface area contributed by atoms with Crippen molar-refractivity contribution in [3.05, 3.63) is 59.2 Å². The molecule has 0 aromatic heterocycles. The SMILES string of the molecule is COc1ccc2c(c1OC)C(=O)O[C@@H]2[NH2+]CCc1ccccc1. The number of rotatable bonds is 6. The monoisotopic (exact) mass is 314 g/mol. The highest BCUT2D eigenvalue weighted by molar-refractivity contribution is 5.97. The van der Waals surface area contributed by atoms with Gasteiger partial charge in [-0.3, -0.25) is 0 Å². The van der Waals surface area contributed by atoms with Gasteiger partial charge in [0.15, 0.2) is 11.5 Å². The van der Waals surface area contributed by atoms with Gasteiger partial charge in [-0.25, -0.2) is 4.79 Å². The Bertz CT molecular complexity index is 700. The second-order valence-corrected chi connectivity index (χ2v) is 5.35. The van der Waals surface area contributed by atoms with Gasteiger partial charge >= 0.3 is 5.97 Å². The van der Waals surface area contributed by atoms with Crippen molar-refractivity contribution in [3.63, 3.8) is 0 Å². The Balaban J connectivity index is 1.74. The standard InChI is InChI=1S/C18H19NO4/c1-21-14-9-8-13-15(16(14)22-2)18(20)23-17(13)19-11-10-12-6-4-3-5-7-12/h3-9,17,19H,10-11H2,1-2H3/p+1/t17-/m0/s1. The molecular weight excluding hydrogens is 294 g/mol. The second-order valence-electron chi connectivity index (χ2n) is 5.35. The van der Waals surface area contributed by atoms with Crippen molar-refractivity contribution < 1.29 is 24.3 Å². The van der Waals surface area contributed by atoms with Crippen LogP contribution in [0.25, 0.3) is 0 Å². The third kappa shape index (κ3) is 3.00. The number of quaternary nitrogens is 1. The summed E-state index contributed by atoms with van der Waals surface area (Å²) < 4.78 is 16.1. The first-order chi connectivity index (χ1) is 11.2. The quantitative estimate of drug-likeness (QED) is 0.824. The zero-order valence-electron chi connectivity index (χ0n) is 13.2. The van der Waals surface area contributed by atoms with E-state index < -0.39 is 0 Å². The zero-order valence-corrected chi connectivity index (χ0v) is 13.2. The third-order valence-corrected chi connectivity index (χ3v) is 3.98. The lowest BCUT2D eigenvalue weighted by molar-refractivity contribution is -0.727. The normalized spacial score (nSPS) is 15.9. The van der Waals surface area contributed by atoms with Crippen molar-refractivity contribution in [1.82, 2.24) is 0 Å². The highest BCUT2D eigenvalue weighted by atomic mass is 16.6. The highest BCUT2D eigenvalue weighted by Gasteiger charge is 2.37. The molecule has 5 heteroatoms. The van der Waals surface area contributed by atoms with Crippen molar-refractivity contribution in [2.75, 3.05) is 20.8 Å². The Hall–Kier alpha value is -2.53. The van der Waals surface area contributed by atoms with Crippen LogP contribution in [0.3, 0.4) is 0 Å². The summed E-state index contributed by atoms with van der Waals surface area (Å²) in [5.74, 6) is 0.610. The summed E-state index contributed by atoms with van der Waals surface area (Å²) in [6.07, 6.45) is 0.582. The average Bonchev–Trinajstić information content (AvgIpc) is 2.91. The van der Waals surface area contributed by atoms with E-state index in [2.05, 4.69) is 12.1 Å². The van der Waals surface area contributed by atoms with Crippen molar-refractivity contribution in [1.29, 1.82) is 0 Å². The lowest BCUT2D eigenvalue weighted by atomic mass is 10.1. The molecule has 120 valence electrons. The number of fused-ring (bicyclic) bond motifs is 1. The van der Waals surface area contributed by atoms with E-state index >= 15 is 0 Å². The molecule has 5 nitrogen and oxygen atoms in total. The molecular formula is C18H20NO4+. The van der Waals surface area contributed by atoms with Crippen LogP contribution in [0.15, 0.2) is 42.5 Å². The minimum Gasteiger partial charge on any atom is -0.493 e. The van der Waals surface area contributed by atoms with Crippen LogP contribution < -0.4 is 14.8 Å². The van der Waals surface area contributed by atoms with E-state index in [1.54, 1.807) is 13.2 Å². The van der Waals surface area contributed by atoms with Crippen LogP contribution >= 0.6 is 0 Å². The molecule has 2 N–H and O–H groups in total. The Morgan fingerprint density at radius 3 is 2.57 bits per heavy atom. The minimum atomic E-state index is -0.364. The summed E-state index contributed by atoms with van der Waals surface area (Å²) in [5, 5.41) is 2.03. The first-order valence-electron chi connectivity index (χ1n) is 7.57. The first-order valence-corrected chi connectivity index (χ1v) is 7.57. The van der Waals surface area contributed by atoms with E-state index in [-0.39, 0.29) is 12.2 Å². The molecule has 2 aromatic carbocycles. The van der Waals surface area contributed by atoms with Crippen molar-refractivity contribution >= 4 is 5.97 Å². The molecule has 0 aliphatic carbocycles. The molecule has 0 radical (unpaired) electrons. The molecule has 0 saturated heterocycles. The third-order valence-electron chi connectivity index (χ3n) is 3.98. The molecule has 0 bridgehead atoms. The van der Waals surface area contributed by atoms with Crippen LogP contribution in [-0.2, 0) is 11.2 Å². The molecule has 2 aromatic rings. The minimum absolute atomic E-state index is 0.332. The van der Waals surface area contributed by atoms with Gasteiger partial charge in [0, 0.05) is 6.42 Å². The number of esters is 1. The van der Waals surface area contributed by atoms with Crippen molar-refractivity contribution in [2.24, 2.45) is 0 Å². The number of nitrogens with two attached hydrogens (primary N) is 1. The number of hydrogen-bond donors (Lipinski definition) is 1. The Morgan fingerprint density at radius 2 is 1.87 bits per heavy atom. The van der Waals surface area contributed by atoms with Crippen LogP contribution in [0.1, 0.15) is 27.7 Å². The molecule has 0 fully saturated rings. The Labute approximate surface area is 135 Å². The molecule has 1 aliphatic rings. The number of hydrogen-bond acceptors (Lipinski definition) is 4. The van der Waals surface area contributed by atoms with E-state index in [9.17, 15) is 4.79 Å². The highest BCUT2D eigenvalue weighted by Crippen LogP contribution is 2.39. The van der Waals surface area contributed by atoms with Gasteiger partial charge in [-0.1, -0.05) is 30.3 Å². The molecule has 1 heterocycles. The van der Waals surface area contributed by atoms with Crippen LogP contribution in [0.4, 0.5) is 0 Å². The van der Waals surface area contributed by atoms with Crippen LogP contribution in [0.5, 0.6) is 11.5 Å². The smallest absolute Gasteiger partial charge is 0.347 e. The van der Waals surface area contributed by atoms with Crippen molar-refractivity contribution in [2.45, 2.75) is 12.6 Å². The topological polar surface area (TPSA) is 61.4 Å². The molecule has 0 saturated carbocycles. The fraction of sp³-hybridized carbons (Fsp3) is 0.278. The molecule has 1 aliphatic heterocycles. The van der Waals surface area contributed by atoms with E-state index in [1.807, 2.05) is 29.6 Å².